The Bertz CT molecular complexity index is 1160. The summed E-state index contributed by atoms with van der Waals surface area (Å²) in [5.41, 5.74) is 1.36. The van der Waals surface area contributed by atoms with Gasteiger partial charge < -0.3 is 19.4 Å². The molecule has 3 rings (SSSR count). The minimum Gasteiger partial charge on any atom is -0.493 e. The maximum absolute atomic E-state index is 12.5. The number of ether oxygens (including phenoxy) is 2. The van der Waals surface area contributed by atoms with Crippen molar-refractivity contribution in [1.29, 1.82) is 0 Å². The third kappa shape index (κ3) is 6.74. The second-order valence-electron chi connectivity index (χ2n) is 7.43. The number of hydrogen-bond donors (Lipinski definition) is 1. The minimum atomic E-state index is -0.474. The van der Waals surface area contributed by atoms with Crippen molar-refractivity contribution in [2.45, 2.75) is 45.3 Å². The number of thiophene rings is 1. The Kier molecular flexibility index (Phi) is 9.37. The van der Waals surface area contributed by atoms with E-state index in [1.807, 2.05) is 43.5 Å². The Morgan fingerprint density at radius 3 is 2.74 bits per heavy atom. The van der Waals surface area contributed by atoms with Gasteiger partial charge in [-0.1, -0.05) is 23.4 Å². The summed E-state index contributed by atoms with van der Waals surface area (Å²) in [7, 11) is 1.32. The molecule has 3 aromatic rings. The lowest BCUT2D eigenvalue weighted by Crippen LogP contribution is -2.16. The first kappa shape index (κ1) is 26.1. The molecule has 182 valence electrons. The van der Waals surface area contributed by atoms with Crippen LogP contribution in [-0.2, 0) is 22.5 Å². The number of rotatable bonds is 11. The van der Waals surface area contributed by atoms with Crippen molar-refractivity contribution < 1.29 is 19.1 Å². The number of methoxy groups -OCH3 is 1. The van der Waals surface area contributed by atoms with Crippen LogP contribution in [-0.4, -0.2) is 46.1 Å². The fraction of sp³-hybridized carbons (Fsp3) is 0.391. The largest absolute Gasteiger partial charge is 0.493 e. The molecule has 0 bridgehead atoms. The minimum absolute atomic E-state index is 0.147. The molecule has 8 nitrogen and oxygen atoms in total. The van der Waals surface area contributed by atoms with Crippen LogP contribution in [0.5, 0.6) is 5.75 Å². The number of thioether (sulfide) groups is 1. The van der Waals surface area contributed by atoms with E-state index in [-0.39, 0.29) is 11.7 Å². The predicted octanol–water partition coefficient (Wildman–Crippen LogP) is 5.16. The first-order chi connectivity index (χ1) is 16.3. The normalized spacial score (nSPS) is 10.9. The molecule has 0 saturated carbocycles. The molecular weight excluding hydrogens is 496 g/mol. The Morgan fingerprint density at radius 2 is 2.03 bits per heavy atom. The average molecular weight is 523 g/mol. The van der Waals surface area contributed by atoms with Crippen molar-refractivity contribution in [2.75, 3.05) is 24.8 Å². The molecule has 34 heavy (non-hydrogen) atoms. The van der Waals surface area contributed by atoms with Crippen LogP contribution in [0.25, 0.3) is 0 Å². The van der Waals surface area contributed by atoms with Crippen molar-refractivity contribution in [3.63, 3.8) is 0 Å². The summed E-state index contributed by atoms with van der Waals surface area (Å²) in [6, 6.07) is 7.27. The Labute approximate surface area is 212 Å². The monoisotopic (exact) mass is 522 g/mol. The standard InChI is InChI=1S/C23H27ClN4O4S2/c1-5-28-19(7-6-10-32-18-9-8-16(24)11-14(18)2)26-27-23(28)33-13-20(29)25-21-17(22(30)31-4)12-15(3)34-21/h8-9,11-12H,5-7,10,13H2,1-4H3,(H,25,29). The predicted molar refractivity (Wildman–Crippen MR) is 135 cm³/mol. The van der Waals surface area contributed by atoms with Crippen LogP contribution < -0.4 is 10.1 Å². The van der Waals surface area contributed by atoms with Crippen molar-refractivity contribution in [3.8, 4) is 5.75 Å². The number of benzene rings is 1. The molecule has 1 amide bonds. The number of hydrogen-bond acceptors (Lipinski definition) is 8. The maximum atomic E-state index is 12.5. The molecule has 0 aliphatic rings. The highest BCUT2D eigenvalue weighted by molar-refractivity contribution is 7.99. The van der Waals surface area contributed by atoms with Crippen LogP contribution in [0, 0.1) is 13.8 Å². The Morgan fingerprint density at radius 1 is 1.24 bits per heavy atom. The summed E-state index contributed by atoms with van der Waals surface area (Å²) in [5.74, 6) is 1.12. The van der Waals surface area contributed by atoms with Gasteiger partial charge in [0, 0.05) is 22.9 Å². The van der Waals surface area contributed by atoms with Gasteiger partial charge in [-0.2, -0.15) is 0 Å². The summed E-state index contributed by atoms with van der Waals surface area (Å²) < 4.78 is 12.6. The number of anilines is 1. The number of amides is 1. The lowest BCUT2D eigenvalue weighted by Gasteiger charge is -2.10. The third-order valence-corrected chi connectivity index (χ3v) is 7.06. The number of aromatic nitrogens is 3. The van der Waals surface area contributed by atoms with E-state index in [1.54, 1.807) is 6.07 Å². The lowest BCUT2D eigenvalue weighted by atomic mass is 10.2. The number of carbonyl (C=O) groups excluding carboxylic acids is 2. The number of nitrogens with one attached hydrogen (secondary N) is 1. The molecule has 0 fully saturated rings. The van der Waals surface area contributed by atoms with Crippen molar-refractivity contribution >= 4 is 51.6 Å². The molecule has 1 aromatic carbocycles. The molecule has 0 atom stereocenters. The summed E-state index contributed by atoms with van der Waals surface area (Å²) in [6.07, 6.45) is 1.48. The zero-order valence-electron chi connectivity index (χ0n) is 19.5. The van der Waals surface area contributed by atoms with Gasteiger partial charge in [0.15, 0.2) is 5.16 Å². The second-order valence-corrected chi connectivity index (χ2v) is 10.1. The van der Waals surface area contributed by atoms with Gasteiger partial charge in [-0.15, -0.1) is 21.5 Å². The number of aryl methyl sites for hydroxylation is 3. The molecular formula is C23H27ClN4O4S2. The Hall–Kier alpha value is -2.56. The zero-order chi connectivity index (χ0) is 24.7. The molecule has 0 spiro atoms. The van der Waals surface area contributed by atoms with Gasteiger partial charge >= 0.3 is 5.97 Å². The van der Waals surface area contributed by atoms with Gasteiger partial charge in [0.25, 0.3) is 0 Å². The third-order valence-electron chi connectivity index (χ3n) is 4.89. The summed E-state index contributed by atoms with van der Waals surface area (Å²) >= 11 is 8.63. The SMILES string of the molecule is CCn1c(CCCOc2ccc(Cl)cc2C)nnc1SCC(=O)Nc1sc(C)cc1C(=O)OC. The number of nitrogens with zero attached hydrogens (tertiary/aromatic N) is 3. The maximum Gasteiger partial charge on any atom is 0.340 e. The van der Waals surface area contributed by atoms with Gasteiger partial charge in [0.05, 0.1) is 25.0 Å². The van der Waals surface area contributed by atoms with Gasteiger partial charge in [-0.3, -0.25) is 4.79 Å². The summed E-state index contributed by atoms with van der Waals surface area (Å²) in [4.78, 5) is 25.3. The number of carbonyl (C=O) groups is 2. The van der Waals surface area contributed by atoms with Gasteiger partial charge in [-0.05, 0) is 57.0 Å². The van der Waals surface area contributed by atoms with E-state index in [9.17, 15) is 9.59 Å². The summed E-state index contributed by atoms with van der Waals surface area (Å²) in [6.45, 7) is 7.09. The van der Waals surface area contributed by atoms with Gasteiger partial charge in [-0.25, -0.2) is 4.79 Å². The van der Waals surface area contributed by atoms with E-state index in [0.29, 0.717) is 40.3 Å². The lowest BCUT2D eigenvalue weighted by molar-refractivity contribution is -0.113. The van der Waals surface area contributed by atoms with E-state index in [2.05, 4.69) is 15.5 Å². The average Bonchev–Trinajstić information content (AvgIpc) is 3.38. The molecule has 0 aliphatic carbocycles. The highest BCUT2D eigenvalue weighted by Gasteiger charge is 2.18. The van der Waals surface area contributed by atoms with Crippen molar-refractivity contribution in [3.05, 3.63) is 51.1 Å². The smallest absolute Gasteiger partial charge is 0.340 e. The van der Waals surface area contributed by atoms with Crippen LogP contribution >= 0.6 is 34.7 Å². The van der Waals surface area contributed by atoms with E-state index in [0.717, 1.165) is 28.4 Å². The van der Waals surface area contributed by atoms with Crippen LogP contribution in [0.1, 0.15) is 40.0 Å². The molecule has 2 aromatic heterocycles. The van der Waals surface area contributed by atoms with Crippen molar-refractivity contribution in [1.82, 2.24) is 14.8 Å². The van der Waals surface area contributed by atoms with Crippen molar-refractivity contribution in [2.24, 2.45) is 0 Å². The number of halogens is 1. The van der Waals surface area contributed by atoms with E-state index in [4.69, 9.17) is 21.1 Å². The zero-order valence-corrected chi connectivity index (χ0v) is 21.9. The molecule has 1 N–H and O–H groups in total. The fourth-order valence-corrected chi connectivity index (χ4v) is 5.24. The molecule has 11 heteroatoms. The van der Waals surface area contributed by atoms with E-state index >= 15 is 0 Å². The Balaban J connectivity index is 1.52. The molecule has 0 aliphatic heterocycles. The van der Waals surface area contributed by atoms with Crippen LogP contribution in [0.4, 0.5) is 5.00 Å². The van der Waals surface area contributed by atoms with Crippen LogP contribution in [0.15, 0.2) is 29.4 Å². The molecule has 0 unspecified atom stereocenters. The van der Waals surface area contributed by atoms with Crippen LogP contribution in [0.2, 0.25) is 5.02 Å². The molecule has 2 heterocycles. The first-order valence-corrected chi connectivity index (χ1v) is 12.9. The topological polar surface area (TPSA) is 95.3 Å². The summed E-state index contributed by atoms with van der Waals surface area (Å²) in [5, 5.41) is 13.2. The highest BCUT2D eigenvalue weighted by atomic mass is 35.5. The first-order valence-electron chi connectivity index (χ1n) is 10.7. The second kappa shape index (κ2) is 12.2. The van der Waals surface area contributed by atoms with Crippen LogP contribution in [0.3, 0.4) is 0 Å². The fourth-order valence-electron chi connectivity index (χ4n) is 3.28. The quantitative estimate of drug-likeness (QED) is 0.211. The van der Waals surface area contributed by atoms with Gasteiger partial charge in [0.2, 0.25) is 5.91 Å². The highest BCUT2D eigenvalue weighted by Crippen LogP contribution is 2.29. The molecule has 0 saturated heterocycles. The number of esters is 1. The van der Waals surface area contributed by atoms with E-state index in [1.165, 1.54) is 30.2 Å². The van der Waals surface area contributed by atoms with E-state index < -0.39 is 5.97 Å². The van der Waals surface area contributed by atoms with Gasteiger partial charge in [0.1, 0.15) is 16.6 Å². The molecule has 0 radical (unpaired) electrons.